The van der Waals surface area contributed by atoms with Gasteiger partial charge in [0.25, 0.3) is 0 Å². The van der Waals surface area contributed by atoms with Crippen molar-refractivity contribution in [3.05, 3.63) is 35.4 Å². The molecule has 0 bridgehead atoms. The van der Waals surface area contributed by atoms with Crippen LogP contribution in [0.3, 0.4) is 0 Å². The Kier molecular flexibility index (Phi) is 4.45. The highest BCUT2D eigenvalue weighted by molar-refractivity contribution is 5.30. The quantitative estimate of drug-likeness (QED) is 0.663. The van der Waals surface area contributed by atoms with Crippen molar-refractivity contribution in [3.8, 4) is 0 Å². The summed E-state index contributed by atoms with van der Waals surface area (Å²) >= 11 is 0. The van der Waals surface area contributed by atoms with Crippen molar-refractivity contribution in [2.75, 3.05) is 0 Å². The molecular formula is C16H26O3. The molecule has 1 rings (SSSR count). The SMILES string of the molecule is CC(C)(C)OOC(C)(C)c1cccc(C(C)(C)O)c1. The van der Waals surface area contributed by atoms with E-state index in [-0.39, 0.29) is 5.60 Å². The summed E-state index contributed by atoms with van der Waals surface area (Å²) in [7, 11) is 0. The zero-order chi connectivity index (χ0) is 14.9. The molecular weight excluding hydrogens is 240 g/mol. The van der Waals surface area contributed by atoms with Crippen molar-refractivity contribution in [2.45, 2.75) is 65.3 Å². The van der Waals surface area contributed by atoms with Gasteiger partial charge < -0.3 is 5.11 Å². The van der Waals surface area contributed by atoms with Crippen LogP contribution in [0, 0.1) is 0 Å². The van der Waals surface area contributed by atoms with Gasteiger partial charge in [-0.2, -0.15) is 0 Å². The molecule has 0 aromatic heterocycles. The van der Waals surface area contributed by atoms with E-state index in [0.717, 1.165) is 11.1 Å². The molecule has 0 amide bonds. The van der Waals surface area contributed by atoms with Crippen LogP contribution in [0.25, 0.3) is 0 Å². The van der Waals surface area contributed by atoms with E-state index in [1.165, 1.54) is 0 Å². The fourth-order valence-corrected chi connectivity index (χ4v) is 1.55. The summed E-state index contributed by atoms with van der Waals surface area (Å²) in [6.07, 6.45) is 0. The first kappa shape index (κ1) is 16.2. The lowest BCUT2D eigenvalue weighted by molar-refractivity contribution is -0.401. The normalized spacial score (nSPS) is 13.7. The van der Waals surface area contributed by atoms with Crippen molar-refractivity contribution < 1.29 is 14.9 Å². The van der Waals surface area contributed by atoms with Crippen molar-refractivity contribution in [1.82, 2.24) is 0 Å². The Morgan fingerprint density at radius 3 is 1.84 bits per heavy atom. The second-order valence-electron chi connectivity index (χ2n) is 6.93. The van der Waals surface area contributed by atoms with Gasteiger partial charge in [0.05, 0.1) is 11.2 Å². The molecule has 19 heavy (non-hydrogen) atoms. The lowest BCUT2D eigenvalue weighted by Crippen LogP contribution is -2.29. The molecule has 0 spiro atoms. The highest BCUT2D eigenvalue weighted by atomic mass is 17.2. The van der Waals surface area contributed by atoms with Crippen LogP contribution in [0.5, 0.6) is 0 Å². The molecule has 1 aromatic carbocycles. The summed E-state index contributed by atoms with van der Waals surface area (Å²) in [5.74, 6) is 0. The average Bonchev–Trinajstić information content (AvgIpc) is 2.25. The van der Waals surface area contributed by atoms with Crippen molar-refractivity contribution in [2.24, 2.45) is 0 Å². The van der Waals surface area contributed by atoms with Crippen LogP contribution in [0.15, 0.2) is 24.3 Å². The molecule has 0 aliphatic heterocycles. The number of aliphatic hydroxyl groups is 1. The number of hydrogen-bond acceptors (Lipinski definition) is 3. The minimum absolute atomic E-state index is 0.356. The molecule has 0 saturated carbocycles. The molecule has 0 unspecified atom stereocenters. The fraction of sp³-hybridized carbons (Fsp3) is 0.625. The molecule has 1 aromatic rings. The topological polar surface area (TPSA) is 38.7 Å². The van der Waals surface area contributed by atoms with Gasteiger partial charge in [-0.1, -0.05) is 18.2 Å². The summed E-state index contributed by atoms with van der Waals surface area (Å²) < 4.78 is 0. The third kappa shape index (κ3) is 4.94. The smallest absolute Gasteiger partial charge is 0.123 e. The number of hydrogen-bond donors (Lipinski definition) is 1. The van der Waals surface area contributed by atoms with Gasteiger partial charge in [0.2, 0.25) is 0 Å². The summed E-state index contributed by atoms with van der Waals surface area (Å²) in [5.41, 5.74) is 0.0326. The first-order valence-corrected chi connectivity index (χ1v) is 6.62. The number of rotatable bonds is 4. The standard InChI is InChI=1S/C16H26O3/c1-14(2,3)18-19-16(6,7)13-10-8-9-12(11-13)15(4,5)17/h8-11,17H,1-7H3. The number of benzene rings is 1. The van der Waals surface area contributed by atoms with E-state index < -0.39 is 11.2 Å². The molecule has 108 valence electrons. The van der Waals surface area contributed by atoms with Gasteiger partial charge in [-0.25, -0.2) is 9.78 Å². The van der Waals surface area contributed by atoms with Crippen molar-refractivity contribution >= 4 is 0 Å². The molecule has 1 N–H and O–H groups in total. The Morgan fingerprint density at radius 2 is 1.37 bits per heavy atom. The maximum Gasteiger partial charge on any atom is 0.123 e. The third-order valence-electron chi connectivity index (χ3n) is 2.76. The molecule has 0 fully saturated rings. The molecule has 0 saturated heterocycles. The molecule has 0 aliphatic carbocycles. The maximum atomic E-state index is 10.1. The lowest BCUT2D eigenvalue weighted by Gasteiger charge is -2.30. The van der Waals surface area contributed by atoms with Crippen LogP contribution >= 0.6 is 0 Å². The van der Waals surface area contributed by atoms with Crippen LogP contribution in [-0.4, -0.2) is 10.7 Å². The Hall–Kier alpha value is -0.900. The second-order valence-corrected chi connectivity index (χ2v) is 6.93. The Labute approximate surface area is 116 Å². The Balaban J connectivity index is 2.95. The molecule has 0 atom stereocenters. The average molecular weight is 266 g/mol. The van der Waals surface area contributed by atoms with E-state index in [2.05, 4.69) is 0 Å². The van der Waals surface area contributed by atoms with Crippen molar-refractivity contribution in [1.29, 1.82) is 0 Å². The van der Waals surface area contributed by atoms with E-state index in [1.54, 1.807) is 13.8 Å². The second kappa shape index (κ2) is 5.23. The van der Waals surface area contributed by atoms with Gasteiger partial charge in [-0.05, 0) is 65.7 Å². The first-order chi connectivity index (χ1) is 8.42. The predicted octanol–water partition coefficient (Wildman–Crippen LogP) is 3.90. The van der Waals surface area contributed by atoms with Crippen LogP contribution < -0.4 is 0 Å². The van der Waals surface area contributed by atoms with Crippen LogP contribution in [0.4, 0.5) is 0 Å². The van der Waals surface area contributed by atoms with Crippen LogP contribution in [0.1, 0.15) is 59.6 Å². The van der Waals surface area contributed by atoms with E-state index in [9.17, 15) is 5.11 Å². The van der Waals surface area contributed by atoms with Gasteiger partial charge in [0, 0.05) is 0 Å². The van der Waals surface area contributed by atoms with E-state index in [4.69, 9.17) is 9.78 Å². The van der Waals surface area contributed by atoms with Gasteiger partial charge in [0.1, 0.15) is 5.60 Å². The largest absolute Gasteiger partial charge is 0.386 e. The summed E-state index contributed by atoms with van der Waals surface area (Å²) in [6.45, 7) is 13.3. The minimum Gasteiger partial charge on any atom is -0.386 e. The predicted molar refractivity (Wildman–Crippen MR) is 76.6 cm³/mol. The molecule has 3 nitrogen and oxygen atoms in total. The van der Waals surface area contributed by atoms with Gasteiger partial charge in [-0.3, -0.25) is 0 Å². The summed E-state index contributed by atoms with van der Waals surface area (Å²) in [5, 5.41) is 10.1. The van der Waals surface area contributed by atoms with E-state index in [0.29, 0.717) is 0 Å². The Morgan fingerprint density at radius 1 is 0.842 bits per heavy atom. The lowest BCUT2D eigenvalue weighted by atomic mass is 9.91. The fourth-order valence-electron chi connectivity index (χ4n) is 1.55. The monoisotopic (exact) mass is 266 g/mol. The van der Waals surface area contributed by atoms with Gasteiger partial charge >= 0.3 is 0 Å². The first-order valence-electron chi connectivity index (χ1n) is 6.62. The molecule has 3 heteroatoms. The zero-order valence-electron chi connectivity index (χ0n) is 13.1. The van der Waals surface area contributed by atoms with Gasteiger partial charge in [-0.15, -0.1) is 0 Å². The maximum absolute atomic E-state index is 10.1. The van der Waals surface area contributed by atoms with E-state index in [1.807, 2.05) is 58.9 Å². The third-order valence-corrected chi connectivity index (χ3v) is 2.76. The summed E-state index contributed by atoms with van der Waals surface area (Å²) in [4.78, 5) is 11.0. The highest BCUT2D eigenvalue weighted by Crippen LogP contribution is 2.30. The van der Waals surface area contributed by atoms with Crippen molar-refractivity contribution in [3.63, 3.8) is 0 Å². The molecule has 0 aliphatic rings. The Bertz CT molecular complexity index is 422. The van der Waals surface area contributed by atoms with Crippen LogP contribution in [0.2, 0.25) is 0 Å². The minimum atomic E-state index is -0.864. The van der Waals surface area contributed by atoms with Crippen LogP contribution in [-0.2, 0) is 21.0 Å². The summed E-state index contributed by atoms with van der Waals surface area (Å²) in [6, 6.07) is 7.75. The van der Waals surface area contributed by atoms with Gasteiger partial charge in [0.15, 0.2) is 0 Å². The molecule has 0 radical (unpaired) electrons. The molecule has 0 heterocycles. The zero-order valence-corrected chi connectivity index (χ0v) is 13.1. The highest BCUT2D eigenvalue weighted by Gasteiger charge is 2.27. The van der Waals surface area contributed by atoms with E-state index >= 15 is 0 Å².